The van der Waals surface area contributed by atoms with Crippen LogP contribution < -0.4 is 21.4 Å². The molecule has 1 saturated heterocycles. The number of allylic oxidation sites excluding steroid dienone is 1. The van der Waals surface area contributed by atoms with Crippen LogP contribution in [0.25, 0.3) is 5.70 Å². The van der Waals surface area contributed by atoms with E-state index in [4.69, 9.17) is 16.3 Å². The minimum atomic E-state index is 0.218. The second kappa shape index (κ2) is 26.7. The van der Waals surface area contributed by atoms with E-state index >= 15 is 0 Å². The van der Waals surface area contributed by atoms with Crippen molar-refractivity contribution in [1.29, 1.82) is 0 Å². The predicted molar refractivity (Wildman–Crippen MR) is 212 cm³/mol. The number of halogens is 1. The zero-order valence-electron chi connectivity index (χ0n) is 31.3. The molecule has 5 rings (SSSR count). The van der Waals surface area contributed by atoms with Crippen molar-refractivity contribution in [2.45, 2.75) is 68.2 Å². The third-order valence-electron chi connectivity index (χ3n) is 6.48. The Morgan fingerprint density at radius 2 is 1.69 bits per heavy atom. The second-order valence-corrected chi connectivity index (χ2v) is 10.7. The van der Waals surface area contributed by atoms with Crippen molar-refractivity contribution in [1.82, 2.24) is 15.4 Å². The number of hydrogen-bond donors (Lipinski definition) is 4. The fourth-order valence-electron chi connectivity index (χ4n) is 4.24. The number of aromatic nitrogens is 2. The SMILES string of the molecule is C=C(Nc1cccc(O)c1)c1cc(C)cc(Cl)c1.CC.CC.CN.CN/N=C/C1=NC=C(C)CC1.Cc1ncc(C)c(N2CCOCC2)n1. The number of phenolic OH excluding ortho intramolecular Hbond substituents is 1. The Hall–Kier alpha value is -4.25. The fraction of sp³-hybridized carbons (Fsp3) is 0.421. The van der Waals surface area contributed by atoms with Crippen molar-refractivity contribution in [2.24, 2.45) is 15.8 Å². The molecule has 11 heteroatoms. The van der Waals surface area contributed by atoms with Crippen LogP contribution in [0.5, 0.6) is 5.75 Å². The van der Waals surface area contributed by atoms with Gasteiger partial charge in [-0.25, -0.2) is 9.97 Å². The highest BCUT2D eigenvalue weighted by molar-refractivity contribution is 6.31. The summed E-state index contributed by atoms with van der Waals surface area (Å²) in [6, 6.07) is 12.7. The quantitative estimate of drug-likeness (QED) is 0.150. The number of aryl methyl sites for hydroxylation is 3. The summed E-state index contributed by atoms with van der Waals surface area (Å²) in [6.07, 6.45) is 7.67. The maximum absolute atomic E-state index is 9.39. The zero-order chi connectivity index (χ0) is 37.2. The number of nitrogens with two attached hydrogens (primary N) is 1. The van der Waals surface area contributed by atoms with Gasteiger partial charge in [0.1, 0.15) is 17.4 Å². The number of nitrogens with one attached hydrogen (secondary N) is 2. The predicted octanol–water partition coefficient (Wildman–Crippen LogP) is 8.32. The van der Waals surface area contributed by atoms with Gasteiger partial charge in [0, 0.05) is 60.6 Å². The van der Waals surface area contributed by atoms with Crippen molar-refractivity contribution in [3.8, 4) is 5.75 Å². The van der Waals surface area contributed by atoms with Gasteiger partial charge in [0.15, 0.2) is 0 Å². The molecular formula is C38H59ClN8O2. The largest absolute Gasteiger partial charge is 0.508 e. The average molecular weight is 695 g/mol. The molecule has 0 atom stereocenters. The van der Waals surface area contributed by atoms with Gasteiger partial charge in [0.2, 0.25) is 0 Å². The first kappa shape index (κ1) is 44.8. The van der Waals surface area contributed by atoms with Gasteiger partial charge < -0.3 is 31.2 Å². The lowest BCUT2D eigenvalue weighted by Gasteiger charge is -2.28. The summed E-state index contributed by atoms with van der Waals surface area (Å²) in [5.74, 6) is 2.10. The molecule has 0 spiro atoms. The molecule has 0 aliphatic carbocycles. The maximum atomic E-state index is 9.39. The number of nitrogens with zero attached hydrogens (tertiary/aromatic N) is 5. The second-order valence-electron chi connectivity index (χ2n) is 10.3. The van der Waals surface area contributed by atoms with E-state index in [9.17, 15) is 5.11 Å². The van der Waals surface area contributed by atoms with Gasteiger partial charge in [0.25, 0.3) is 0 Å². The molecule has 10 nitrogen and oxygen atoms in total. The van der Waals surface area contributed by atoms with E-state index in [1.54, 1.807) is 31.5 Å². The Bertz CT molecular complexity index is 1450. The van der Waals surface area contributed by atoms with Gasteiger partial charge in [-0.3, -0.25) is 4.99 Å². The smallest absolute Gasteiger partial charge is 0.135 e. The third-order valence-corrected chi connectivity index (χ3v) is 6.70. The highest BCUT2D eigenvalue weighted by atomic mass is 35.5. The van der Waals surface area contributed by atoms with E-state index in [1.807, 2.05) is 85.1 Å². The first-order chi connectivity index (χ1) is 23.6. The van der Waals surface area contributed by atoms with Crippen LogP contribution in [0.4, 0.5) is 11.5 Å². The Balaban J connectivity index is 0.000000669. The first-order valence-electron chi connectivity index (χ1n) is 16.8. The molecule has 1 fully saturated rings. The van der Waals surface area contributed by atoms with Crippen LogP contribution in [-0.2, 0) is 4.74 Å². The maximum Gasteiger partial charge on any atom is 0.135 e. The van der Waals surface area contributed by atoms with Crippen LogP contribution in [0, 0.1) is 20.8 Å². The number of hydrazone groups is 1. The summed E-state index contributed by atoms with van der Waals surface area (Å²) < 4.78 is 5.31. The number of morpholine rings is 1. The Labute approximate surface area is 300 Å². The molecule has 3 heterocycles. The minimum absolute atomic E-state index is 0.218. The normalized spacial score (nSPS) is 13.0. The van der Waals surface area contributed by atoms with Crippen LogP contribution in [-0.4, -0.2) is 67.4 Å². The number of ether oxygens (including phenoxy) is 1. The van der Waals surface area contributed by atoms with Gasteiger partial charge in [-0.05, 0) is 89.0 Å². The van der Waals surface area contributed by atoms with E-state index in [1.165, 1.54) is 12.6 Å². The highest BCUT2D eigenvalue weighted by Crippen LogP contribution is 2.24. The van der Waals surface area contributed by atoms with Gasteiger partial charge in [-0.1, -0.05) is 57.5 Å². The van der Waals surface area contributed by atoms with E-state index in [0.29, 0.717) is 5.02 Å². The summed E-state index contributed by atoms with van der Waals surface area (Å²) in [6.45, 7) is 23.5. The molecule has 0 saturated carbocycles. The van der Waals surface area contributed by atoms with Crippen molar-refractivity contribution in [3.63, 3.8) is 0 Å². The van der Waals surface area contributed by atoms with E-state index < -0.39 is 0 Å². The van der Waals surface area contributed by atoms with E-state index in [0.717, 1.165) is 84.6 Å². The van der Waals surface area contributed by atoms with E-state index in [2.05, 4.69) is 54.9 Å². The Kier molecular flexibility index (Phi) is 24.4. The fourth-order valence-corrected chi connectivity index (χ4v) is 4.53. The molecule has 1 aromatic heterocycles. The van der Waals surface area contributed by atoms with Crippen LogP contribution in [0.15, 0.2) is 77.1 Å². The lowest BCUT2D eigenvalue weighted by molar-refractivity contribution is 0.122. The molecular weight excluding hydrogens is 636 g/mol. The summed E-state index contributed by atoms with van der Waals surface area (Å²) in [4.78, 5) is 15.1. The molecule has 2 aliphatic rings. The Morgan fingerprint density at radius 1 is 1.02 bits per heavy atom. The van der Waals surface area contributed by atoms with Crippen LogP contribution in [0.1, 0.15) is 70.0 Å². The summed E-state index contributed by atoms with van der Waals surface area (Å²) in [5.41, 5.74) is 14.3. The van der Waals surface area contributed by atoms with Gasteiger partial charge in [-0.2, -0.15) is 5.10 Å². The molecule has 5 N–H and O–H groups in total. The molecule has 0 radical (unpaired) electrons. The first-order valence-corrected chi connectivity index (χ1v) is 17.2. The van der Waals surface area contributed by atoms with Crippen LogP contribution >= 0.6 is 11.6 Å². The molecule has 0 bridgehead atoms. The minimum Gasteiger partial charge on any atom is -0.508 e. The van der Waals surface area contributed by atoms with Crippen molar-refractivity contribution < 1.29 is 9.84 Å². The zero-order valence-corrected chi connectivity index (χ0v) is 32.0. The number of rotatable bonds is 6. The van der Waals surface area contributed by atoms with E-state index in [-0.39, 0.29) is 5.75 Å². The van der Waals surface area contributed by atoms with Gasteiger partial charge in [0.05, 0.1) is 25.1 Å². The number of anilines is 2. The number of phenols is 1. The number of hydrogen-bond acceptors (Lipinski definition) is 10. The molecule has 0 amide bonds. The van der Waals surface area contributed by atoms with Crippen molar-refractivity contribution in [2.75, 3.05) is 50.6 Å². The molecule has 0 unspecified atom stereocenters. The van der Waals surface area contributed by atoms with Crippen molar-refractivity contribution >= 4 is 40.7 Å². The average Bonchev–Trinajstić information content (AvgIpc) is 3.12. The summed E-state index contributed by atoms with van der Waals surface area (Å²) in [5, 5.41) is 17.1. The lowest BCUT2D eigenvalue weighted by atomic mass is 10.1. The highest BCUT2D eigenvalue weighted by Gasteiger charge is 2.14. The third kappa shape index (κ3) is 18.2. The number of aliphatic imine (C=N–C) groups is 1. The number of aromatic hydroxyl groups is 1. The Morgan fingerprint density at radius 3 is 2.27 bits per heavy atom. The standard InChI is InChI=1S/C15H14ClNO.C10H15N3O.C8H13N3.2C2H6.CH5N/c1-10-6-12(8-13(16)7-10)11(2)17-14-4-3-5-15(18)9-14;1-8-7-11-9(2)12-10(8)13-3-5-14-6-4-13;1-7-3-4-8(10-5-7)6-11-9-2;3*1-2/h3-9,17-18H,2H2,1H3;7H,3-6H2,1-2H3;5-6,9H,3-4H2,1-2H3;2*1-2H3;2H2,1H3/b;;11-6+;;;. The monoisotopic (exact) mass is 694 g/mol. The van der Waals surface area contributed by atoms with Gasteiger partial charge in [-0.15, -0.1) is 0 Å². The summed E-state index contributed by atoms with van der Waals surface area (Å²) in [7, 11) is 3.28. The summed E-state index contributed by atoms with van der Waals surface area (Å²) >= 11 is 6.01. The lowest BCUT2D eigenvalue weighted by Crippen LogP contribution is -2.37. The van der Waals surface area contributed by atoms with Gasteiger partial charge >= 0.3 is 0 Å². The van der Waals surface area contributed by atoms with Crippen molar-refractivity contribution in [3.05, 3.63) is 94.6 Å². The van der Waals surface area contributed by atoms with Crippen LogP contribution in [0.3, 0.4) is 0 Å². The molecule has 49 heavy (non-hydrogen) atoms. The molecule has 2 aliphatic heterocycles. The molecule has 270 valence electrons. The molecule has 3 aromatic rings. The molecule has 2 aromatic carbocycles. The van der Waals surface area contributed by atoms with Crippen LogP contribution in [0.2, 0.25) is 5.02 Å². The number of benzene rings is 2. The topological polar surface area (TPSA) is 133 Å².